The predicted molar refractivity (Wildman–Crippen MR) is 92.4 cm³/mol. The van der Waals surface area contributed by atoms with Crippen LogP contribution in [0.3, 0.4) is 0 Å². The number of benzene rings is 1. The summed E-state index contributed by atoms with van der Waals surface area (Å²) in [6, 6.07) is 11.2. The van der Waals surface area contributed by atoms with Crippen molar-refractivity contribution in [2.24, 2.45) is 5.92 Å². The summed E-state index contributed by atoms with van der Waals surface area (Å²) >= 11 is 0. The number of nitrogens with two attached hydrogens (primary N) is 1. The number of rotatable bonds is 2. The number of nitrogens with zero attached hydrogens (tertiary/aromatic N) is 3. The van der Waals surface area contributed by atoms with Crippen molar-refractivity contribution < 1.29 is 4.74 Å². The predicted octanol–water partition coefficient (Wildman–Crippen LogP) is 1.93. The van der Waals surface area contributed by atoms with E-state index >= 15 is 0 Å². The quantitative estimate of drug-likeness (QED) is 0.677. The second-order valence-corrected chi connectivity index (χ2v) is 6.42. The van der Waals surface area contributed by atoms with E-state index < -0.39 is 0 Å². The lowest BCUT2D eigenvalue weighted by Crippen LogP contribution is -2.52. The molecule has 1 aromatic heterocycles. The summed E-state index contributed by atoms with van der Waals surface area (Å²) in [4.78, 5) is 2.46. The van der Waals surface area contributed by atoms with E-state index in [-0.39, 0.29) is 6.10 Å². The summed E-state index contributed by atoms with van der Waals surface area (Å²) in [7, 11) is 0. The molecule has 5 rings (SSSR count). The molecule has 3 fully saturated rings. The lowest BCUT2D eigenvalue weighted by Gasteiger charge is -2.44. The molecule has 2 N–H and O–H groups in total. The molecule has 3 saturated heterocycles. The number of ether oxygens (including phenoxy) is 1. The van der Waals surface area contributed by atoms with Crippen LogP contribution < -0.4 is 10.5 Å². The number of anilines is 1. The first-order valence-corrected chi connectivity index (χ1v) is 8.36. The van der Waals surface area contributed by atoms with Crippen molar-refractivity contribution in [3.05, 3.63) is 47.7 Å². The second kappa shape index (κ2) is 6.50. The maximum absolute atomic E-state index is 6.04. The number of nitrogen functional groups attached to an aromatic ring is 1. The number of hydrogen-bond donors (Lipinski definition) is 1. The number of hydrogen-bond acceptors (Lipinski definition) is 5. The monoisotopic (exact) mass is 320 g/mol. The zero-order chi connectivity index (χ0) is 16.4. The molecule has 4 heterocycles. The van der Waals surface area contributed by atoms with E-state index in [1.54, 1.807) is 0 Å². The Balaban J connectivity index is 1.41. The first-order chi connectivity index (χ1) is 11.8. The minimum absolute atomic E-state index is 0.244. The van der Waals surface area contributed by atoms with Crippen molar-refractivity contribution >= 4 is 5.69 Å². The van der Waals surface area contributed by atoms with Gasteiger partial charge in [0, 0.05) is 23.9 Å². The van der Waals surface area contributed by atoms with Crippen LogP contribution in [0.2, 0.25) is 0 Å². The van der Waals surface area contributed by atoms with Gasteiger partial charge in [0.2, 0.25) is 5.88 Å². The smallest absolute Gasteiger partial charge is 0.233 e. The molecule has 122 valence electrons. The Hall–Kier alpha value is -2.58. The van der Waals surface area contributed by atoms with Gasteiger partial charge in [-0.3, -0.25) is 4.90 Å². The van der Waals surface area contributed by atoms with Gasteiger partial charge >= 0.3 is 0 Å². The van der Waals surface area contributed by atoms with Crippen LogP contribution in [-0.4, -0.2) is 40.8 Å². The molecular weight excluding hydrogens is 300 g/mol. The van der Waals surface area contributed by atoms with Crippen molar-refractivity contribution in [1.82, 2.24) is 15.1 Å². The molecule has 5 nitrogen and oxygen atoms in total. The molecule has 3 aliphatic rings. The van der Waals surface area contributed by atoms with E-state index in [1.165, 1.54) is 25.9 Å². The Morgan fingerprint density at radius 1 is 1.00 bits per heavy atom. The fraction of sp³-hybridized carbons (Fsp3) is 0.368. The van der Waals surface area contributed by atoms with Crippen molar-refractivity contribution in [3.8, 4) is 17.7 Å². The lowest BCUT2D eigenvalue weighted by atomic mass is 9.86. The highest BCUT2D eigenvalue weighted by atomic mass is 16.5. The zero-order valence-electron chi connectivity index (χ0n) is 13.5. The number of piperidine rings is 3. The summed E-state index contributed by atoms with van der Waals surface area (Å²) in [6.45, 7) is 3.41. The van der Waals surface area contributed by atoms with E-state index in [0.29, 0.717) is 17.5 Å². The standard InChI is InChI=1S/C19H20N4O/c20-16-4-1-14(2-5-16)3-6-17-7-8-19(22-21-17)24-18-13-23-11-9-15(18)10-12-23/h1-2,4-5,7-8,15,18H,9-13,20H2/t18-/m0/s1. The van der Waals surface area contributed by atoms with Crippen LogP contribution >= 0.6 is 0 Å². The highest BCUT2D eigenvalue weighted by Gasteiger charge is 2.35. The minimum Gasteiger partial charge on any atom is -0.472 e. The average molecular weight is 320 g/mol. The van der Waals surface area contributed by atoms with Crippen LogP contribution in [0, 0.1) is 17.8 Å². The third-order valence-electron chi connectivity index (χ3n) is 4.75. The first kappa shape index (κ1) is 15.0. The highest BCUT2D eigenvalue weighted by molar-refractivity contribution is 5.46. The fourth-order valence-corrected chi connectivity index (χ4v) is 3.35. The zero-order valence-corrected chi connectivity index (χ0v) is 13.5. The van der Waals surface area contributed by atoms with Gasteiger partial charge in [0.15, 0.2) is 0 Å². The molecule has 0 radical (unpaired) electrons. The van der Waals surface area contributed by atoms with Gasteiger partial charge in [-0.25, -0.2) is 0 Å². The van der Waals surface area contributed by atoms with Crippen molar-refractivity contribution in [2.75, 3.05) is 25.4 Å². The normalized spacial score (nSPS) is 24.9. The van der Waals surface area contributed by atoms with Gasteiger partial charge in [0.25, 0.3) is 0 Å². The Morgan fingerprint density at radius 3 is 2.42 bits per heavy atom. The molecule has 0 aliphatic carbocycles. The highest BCUT2D eigenvalue weighted by Crippen LogP contribution is 2.29. The van der Waals surface area contributed by atoms with Crippen molar-refractivity contribution in [3.63, 3.8) is 0 Å². The van der Waals surface area contributed by atoms with Gasteiger partial charge in [-0.1, -0.05) is 5.92 Å². The third-order valence-corrected chi connectivity index (χ3v) is 4.75. The molecule has 2 bridgehead atoms. The molecule has 2 aromatic rings. The molecule has 5 heteroatoms. The maximum Gasteiger partial charge on any atom is 0.233 e. The van der Waals surface area contributed by atoms with E-state index in [1.807, 2.05) is 36.4 Å². The van der Waals surface area contributed by atoms with Crippen LogP contribution in [0.15, 0.2) is 36.4 Å². The topological polar surface area (TPSA) is 64.3 Å². The van der Waals surface area contributed by atoms with Crippen molar-refractivity contribution in [1.29, 1.82) is 0 Å². The Morgan fingerprint density at radius 2 is 1.79 bits per heavy atom. The molecule has 0 saturated carbocycles. The SMILES string of the molecule is Nc1ccc(C#Cc2ccc(O[C@H]3CN4CCC3CC4)nn2)cc1. The lowest BCUT2D eigenvalue weighted by molar-refractivity contribution is -0.0104. The average Bonchev–Trinajstić information content (AvgIpc) is 2.63. The third kappa shape index (κ3) is 3.34. The molecule has 3 aliphatic heterocycles. The fourth-order valence-electron chi connectivity index (χ4n) is 3.35. The number of aromatic nitrogens is 2. The Kier molecular flexibility index (Phi) is 4.06. The summed E-state index contributed by atoms with van der Waals surface area (Å²) < 4.78 is 6.04. The second-order valence-electron chi connectivity index (χ2n) is 6.42. The Labute approximate surface area is 141 Å². The van der Waals surface area contributed by atoms with Gasteiger partial charge in [0.1, 0.15) is 11.8 Å². The van der Waals surface area contributed by atoms with E-state index in [0.717, 1.165) is 17.8 Å². The molecule has 0 unspecified atom stereocenters. The van der Waals surface area contributed by atoms with Crippen LogP contribution in [0.5, 0.6) is 5.88 Å². The molecule has 0 amide bonds. The van der Waals surface area contributed by atoms with Crippen LogP contribution in [0.25, 0.3) is 0 Å². The maximum atomic E-state index is 6.04. The summed E-state index contributed by atoms with van der Waals surface area (Å²) in [5, 5.41) is 8.32. The van der Waals surface area contributed by atoms with Gasteiger partial charge in [-0.05, 0) is 68.1 Å². The summed E-state index contributed by atoms with van der Waals surface area (Å²) in [5.41, 5.74) is 7.93. The van der Waals surface area contributed by atoms with Gasteiger partial charge in [-0.2, -0.15) is 0 Å². The first-order valence-electron chi connectivity index (χ1n) is 8.36. The molecule has 24 heavy (non-hydrogen) atoms. The van der Waals surface area contributed by atoms with E-state index in [9.17, 15) is 0 Å². The van der Waals surface area contributed by atoms with Crippen LogP contribution in [0.4, 0.5) is 5.69 Å². The summed E-state index contributed by atoms with van der Waals surface area (Å²) in [6.07, 6.45) is 2.69. The van der Waals surface area contributed by atoms with E-state index in [4.69, 9.17) is 10.5 Å². The van der Waals surface area contributed by atoms with Gasteiger partial charge in [0.05, 0.1) is 0 Å². The molecule has 0 spiro atoms. The van der Waals surface area contributed by atoms with E-state index in [2.05, 4.69) is 26.9 Å². The minimum atomic E-state index is 0.244. The molecule has 1 atom stereocenters. The summed E-state index contributed by atoms with van der Waals surface area (Å²) in [5.74, 6) is 7.31. The van der Waals surface area contributed by atoms with Crippen molar-refractivity contribution in [2.45, 2.75) is 18.9 Å². The van der Waals surface area contributed by atoms with Crippen LogP contribution in [0.1, 0.15) is 24.1 Å². The van der Waals surface area contributed by atoms with Gasteiger partial charge in [-0.15, -0.1) is 10.2 Å². The van der Waals surface area contributed by atoms with Crippen LogP contribution in [-0.2, 0) is 0 Å². The Bertz CT molecular complexity index is 753. The largest absolute Gasteiger partial charge is 0.472 e. The molecular formula is C19H20N4O. The van der Waals surface area contributed by atoms with Gasteiger partial charge < -0.3 is 10.5 Å². The number of fused-ring (bicyclic) bond motifs is 3. The molecule has 1 aromatic carbocycles.